The standard InChI is InChI=1S/C24H35BN2O6/c1-21(2,3)30-19(28)26-15-11-12-16(26)17-13-14-18(27(17)20(29)31-22(4,5)6)25-32-23(7,8)24(9,10)33-25/h11-15H,1-10H3. The number of ether oxygens (including phenoxy) is 2. The molecule has 0 N–H and O–H groups in total. The third kappa shape index (κ3) is 5.19. The van der Waals surface area contributed by atoms with Gasteiger partial charge >= 0.3 is 19.3 Å². The van der Waals surface area contributed by atoms with Gasteiger partial charge in [-0.15, -0.1) is 0 Å². The predicted octanol–water partition coefficient (Wildman–Crippen LogP) is 4.82. The summed E-state index contributed by atoms with van der Waals surface area (Å²) in [5.41, 5.74) is -1.13. The van der Waals surface area contributed by atoms with Gasteiger partial charge < -0.3 is 18.8 Å². The van der Waals surface area contributed by atoms with Crippen LogP contribution in [-0.2, 0) is 18.8 Å². The first kappa shape index (κ1) is 25.1. The molecule has 2 aromatic rings. The summed E-state index contributed by atoms with van der Waals surface area (Å²) in [4.78, 5) is 26.2. The van der Waals surface area contributed by atoms with Crippen molar-refractivity contribution in [2.24, 2.45) is 0 Å². The van der Waals surface area contributed by atoms with Gasteiger partial charge in [0.05, 0.1) is 28.2 Å². The Labute approximate surface area is 196 Å². The van der Waals surface area contributed by atoms with E-state index in [-0.39, 0.29) is 0 Å². The average molecular weight is 458 g/mol. The largest absolute Gasteiger partial charge is 0.513 e. The molecule has 0 spiro atoms. The number of rotatable bonds is 2. The topological polar surface area (TPSA) is 80.9 Å². The summed E-state index contributed by atoms with van der Waals surface area (Å²) in [7, 11) is -0.791. The lowest BCUT2D eigenvalue weighted by Gasteiger charge is -2.32. The number of hydrogen-bond acceptors (Lipinski definition) is 6. The molecule has 0 amide bonds. The van der Waals surface area contributed by atoms with Crippen molar-refractivity contribution in [1.29, 1.82) is 0 Å². The van der Waals surface area contributed by atoms with Crippen LogP contribution in [0.2, 0.25) is 0 Å². The predicted molar refractivity (Wildman–Crippen MR) is 127 cm³/mol. The minimum absolute atomic E-state index is 0.463. The molecule has 1 aliphatic heterocycles. The number of aromatic nitrogens is 2. The molecule has 33 heavy (non-hydrogen) atoms. The Morgan fingerprint density at radius 3 is 1.85 bits per heavy atom. The fourth-order valence-corrected chi connectivity index (χ4v) is 3.37. The van der Waals surface area contributed by atoms with E-state index < -0.39 is 41.7 Å². The Morgan fingerprint density at radius 2 is 1.33 bits per heavy atom. The smallest absolute Gasteiger partial charge is 0.443 e. The number of hydrogen-bond donors (Lipinski definition) is 0. The van der Waals surface area contributed by atoms with Crippen LogP contribution in [0.1, 0.15) is 69.2 Å². The summed E-state index contributed by atoms with van der Waals surface area (Å²) in [6.07, 6.45) is 0.463. The van der Waals surface area contributed by atoms with Gasteiger partial charge in [0.2, 0.25) is 0 Å². The second-order valence-electron chi connectivity index (χ2n) is 11.3. The summed E-state index contributed by atoms with van der Waals surface area (Å²) < 4.78 is 26.4. The zero-order valence-corrected chi connectivity index (χ0v) is 21.3. The summed E-state index contributed by atoms with van der Waals surface area (Å²) in [6.45, 7) is 18.6. The Balaban J connectivity index is 2.11. The van der Waals surface area contributed by atoms with E-state index in [1.165, 1.54) is 9.13 Å². The zero-order chi connectivity index (χ0) is 25.0. The van der Waals surface area contributed by atoms with E-state index in [4.69, 9.17) is 18.8 Å². The highest BCUT2D eigenvalue weighted by atomic mass is 16.7. The molecule has 1 aliphatic rings. The lowest BCUT2D eigenvalue weighted by molar-refractivity contribution is 0.00578. The molecule has 2 aromatic heterocycles. The lowest BCUT2D eigenvalue weighted by Crippen LogP contribution is -2.43. The zero-order valence-electron chi connectivity index (χ0n) is 21.3. The van der Waals surface area contributed by atoms with Gasteiger partial charge in [-0.1, -0.05) is 0 Å². The molecule has 180 valence electrons. The molecule has 8 nitrogen and oxygen atoms in total. The summed E-state index contributed by atoms with van der Waals surface area (Å²) >= 11 is 0. The first-order chi connectivity index (χ1) is 14.9. The quantitative estimate of drug-likeness (QED) is 0.601. The van der Waals surface area contributed by atoms with Gasteiger partial charge in [-0.3, -0.25) is 9.13 Å². The minimum atomic E-state index is -0.791. The molecule has 3 heterocycles. The Kier molecular flexibility index (Phi) is 6.13. The van der Waals surface area contributed by atoms with Crippen LogP contribution in [0.25, 0.3) is 11.4 Å². The van der Waals surface area contributed by atoms with Gasteiger partial charge in [0.15, 0.2) is 0 Å². The number of carbonyl (C=O) groups excluding carboxylic acids is 2. The van der Waals surface area contributed by atoms with Crippen LogP contribution in [0.15, 0.2) is 30.5 Å². The van der Waals surface area contributed by atoms with E-state index in [0.29, 0.717) is 17.0 Å². The van der Waals surface area contributed by atoms with Crippen molar-refractivity contribution in [2.75, 3.05) is 0 Å². The minimum Gasteiger partial charge on any atom is -0.443 e. The first-order valence-corrected chi connectivity index (χ1v) is 11.1. The van der Waals surface area contributed by atoms with Gasteiger partial charge in [0.1, 0.15) is 11.2 Å². The SMILES string of the molecule is CC(C)(C)OC(=O)n1cccc1-c1ccc(B2OC(C)(C)C(C)(C)O2)n1C(=O)OC(C)(C)C. The third-order valence-corrected chi connectivity index (χ3v) is 5.58. The molecule has 3 rings (SSSR count). The van der Waals surface area contributed by atoms with Gasteiger partial charge in [0, 0.05) is 6.20 Å². The molecular formula is C24H35BN2O6. The van der Waals surface area contributed by atoms with Crippen molar-refractivity contribution in [2.45, 2.75) is 91.6 Å². The highest BCUT2D eigenvalue weighted by Crippen LogP contribution is 2.37. The van der Waals surface area contributed by atoms with Crippen LogP contribution in [0, 0.1) is 0 Å². The maximum absolute atomic E-state index is 13.4. The highest BCUT2D eigenvalue weighted by molar-refractivity contribution is 6.62. The maximum Gasteiger partial charge on any atom is 0.513 e. The van der Waals surface area contributed by atoms with E-state index in [1.807, 2.05) is 27.7 Å². The van der Waals surface area contributed by atoms with E-state index >= 15 is 0 Å². The van der Waals surface area contributed by atoms with E-state index in [9.17, 15) is 9.59 Å². The second kappa shape index (κ2) is 8.06. The van der Waals surface area contributed by atoms with Crippen LogP contribution in [0.3, 0.4) is 0 Å². The van der Waals surface area contributed by atoms with Gasteiger partial charge in [-0.25, -0.2) is 9.59 Å². The molecular weight excluding hydrogens is 423 g/mol. The lowest BCUT2D eigenvalue weighted by atomic mass is 9.85. The Bertz CT molecular complexity index is 1040. The molecule has 0 aliphatic carbocycles. The molecule has 0 aromatic carbocycles. The van der Waals surface area contributed by atoms with Gasteiger partial charge in [-0.05, 0) is 93.5 Å². The van der Waals surface area contributed by atoms with Crippen molar-refractivity contribution in [1.82, 2.24) is 9.13 Å². The van der Waals surface area contributed by atoms with Crippen molar-refractivity contribution >= 4 is 24.9 Å². The molecule has 0 unspecified atom stereocenters. The number of carbonyl (C=O) groups is 2. The highest BCUT2D eigenvalue weighted by Gasteiger charge is 2.53. The molecule has 0 saturated carbocycles. The monoisotopic (exact) mass is 458 g/mol. The fraction of sp³-hybridized carbons (Fsp3) is 0.583. The fourth-order valence-electron chi connectivity index (χ4n) is 3.37. The van der Waals surface area contributed by atoms with Gasteiger partial charge in [-0.2, -0.15) is 0 Å². The van der Waals surface area contributed by atoms with Crippen LogP contribution in [0.5, 0.6) is 0 Å². The molecule has 1 saturated heterocycles. The van der Waals surface area contributed by atoms with Crippen LogP contribution >= 0.6 is 0 Å². The summed E-state index contributed by atoms with van der Waals surface area (Å²) in [5, 5.41) is 0. The van der Waals surface area contributed by atoms with E-state index in [1.54, 1.807) is 72.0 Å². The van der Waals surface area contributed by atoms with Crippen LogP contribution < -0.4 is 5.59 Å². The normalized spacial score (nSPS) is 17.8. The number of nitrogens with zero attached hydrogens (tertiary/aromatic N) is 2. The second-order valence-corrected chi connectivity index (χ2v) is 11.3. The van der Waals surface area contributed by atoms with Gasteiger partial charge in [0.25, 0.3) is 0 Å². The summed E-state index contributed by atoms with van der Waals surface area (Å²) in [5.74, 6) is 0. The van der Waals surface area contributed by atoms with Crippen LogP contribution in [-0.4, -0.2) is 50.8 Å². The molecule has 1 fully saturated rings. The Hall–Kier alpha value is -2.52. The molecule has 0 radical (unpaired) electrons. The molecule has 0 atom stereocenters. The first-order valence-electron chi connectivity index (χ1n) is 11.1. The third-order valence-electron chi connectivity index (χ3n) is 5.58. The van der Waals surface area contributed by atoms with Crippen molar-refractivity contribution in [3.05, 3.63) is 30.5 Å². The van der Waals surface area contributed by atoms with E-state index in [0.717, 1.165) is 0 Å². The van der Waals surface area contributed by atoms with Crippen molar-refractivity contribution in [3.63, 3.8) is 0 Å². The van der Waals surface area contributed by atoms with Crippen molar-refractivity contribution < 1.29 is 28.4 Å². The van der Waals surface area contributed by atoms with Crippen LogP contribution in [0.4, 0.5) is 9.59 Å². The molecule has 9 heteroatoms. The maximum atomic E-state index is 13.4. The Morgan fingerprint density at radius 1 is 0.818 bits per heavy atom. The van der Waals surface area contributed by atoms with Crippen molar-refractivity contribution in [3.8, 4) is 11.4 Å². The average Bonchev–Trinajstić information content (AvgIpc) is 3.28. The van der Waals surface area contributed by atoms with E-state index in [2.05, 4.69) is 0 Å². The summed E-state index contributed by atoms with van der Waals surface area (Å²) in [6, 6.07) is 6.97. The molecule has 0 bridgehead atoms.